The Bertz CT molecular complexity index is 445. The highest BCUT2D eigenvalue weighted by molar-refractivity contribution is 5.38. The van der Waals surface area contributed by atoms with E-state index >= 15 is 0 Å². The highest BCUT2D eigenvalue weighted by Gasteiger charge is 2.29. The molecule has 1 saturated carbocycles. The number of allylic oxidation sites excluding steroid dienone is 6. The average molecular weight is 333 g/mol. The van der Waals surface area contributed by atoms with Crippen molar-refractivity contribution >= 4 is 0 Å². The Hall–Kier alpha value is -1.04. The van der Waals surface area contributed by atoms with E-state index in [2.05, 4.69) is 67.7 Å². The maximum absolute atomic E-state index is 4.23. The van der Waals surface area contributed by atoms with E-state index in [9.17, 15) is 0 Å². The Morgan fingerprint density at radius 3 is 1.92 bits per heavy atom. The molecule has 1 atom stereocenters. The third kappa shape index (κ3) is 10.7. The van der Waals surface area contributed by atoms with Crippen LogP contribution >= 0.6 is 0 Å². The smallest absolute Gasteiger partial charge is 0.0243 e. The van der Waals surface area contributed by atoms with Gasteiger partial charge in [0.1, 0.15) is 0 Å². The van der Waals surface area contributed by atoms with Crippen LogP contribution in [0.15, 0.2) is 47.1 Å². The summed E-state index contributed by atoms with van der Waals surface area (Å²) in [5.74, 6) is 0.796. The summed E-state index contributed by atoms with van der Waals surface area (Å²) in [7, 11) is 0. The molecule has 0 aliphatic heterocycles. The number of hydrogen-bond acceptors (Lipinski definition) is 0. The van der Waals surface area contributed by atoms with Gasteiger partial charge >= 0.3 is 0 Å². The molecule has 0 spiro atoms. The largest absolute Gasteiger partial charge is 0.100 e. The SMILES string of the molecule is C=C(C)CC.C=C1CCC(C(C)(C)C)C/C1=C/C(C)=C(C)C.CC. The van der Waals surface area contributed by atoms with Gasteiger partial charge in [-0.2, -0.15) is 0 Å². The number of rotatable bonds is 2. The van der Waals surface area contributed by atoms with Crippen molar-refractivity contribution in [2.75, 3.05) is 0 Å². The van der Waals surface area contributed by atoms with Gasteiger partial charge in [0.05, 0.1) is 0 Å². The minimum absolute atomic E-state index is 0.415. The molecule has 1 aliphatic carbocycles. The van der Waals surface area contributed by atoms with Gasteiger partial charge in [0.15, 0.2) is 0 Å². The van der Waals surface area contributed by atoms with Gasteiger partial charge in [0.25, 0.3) is 0 Å². The molecule has 0 bridgehead atoms. The van der Waals surface area contributed by atoms with Gasteiger partial charge in [0.2, 0.25) is 0 Å². The minimum Gasteiger partial charge on any atom is -0.100 e. The van der Waals surface area contributed by atoms with E-state index in [1.54, 1.807) is 0 Å². The van der Waals surface area contributed by atoms with Gasteiger partial charge in [-0.3, -0.25) is 0 Å². The van der Waals surface area contributed by atoms with Crippen molar-refractivity contribution in [3.63, 3.8) is 0 Å². The van der Waals surface area contributed by atoms with Crippen LogP contribution in [0.3, 0.4) is 0 Å². The lowest BCUT2D eigenvalue weighted by Gasteiger charge is -2.36. The van der Waals surface area contributed by atoms with E-state index in [0.717, 1.165) is 12.3 Å². The molecule has 1 rings (SSSR count). The van der Waals surface area contributed by atoms with Crippen molar-refractivity contribution in [2.45, 2.75) is 94.9 Å². The van der Waals surface area contributed by atoms with Crippen molar-refractivity contribution in [1.29, 1.82) is 0 Å². The molecule has 1 unspecified atom stereocenters. The van der Waals surface area contributed by atoms with E-state index in [1.165, 1.54) is 47.1 Å². The molecule has 0 aromatic rings. The van der Waals surface area contributed by atoms with Crippen molar-refractivity contribution in [2.24, 2.45) is 11.3 Å². The molecule has 0 aromatic heterocycles. The second kappa shape index (κ2) is 12.3. The van der Waals surface area contributed by atoms with E-state index < -0.39 is 0 Å². The van der Waals surface area contributed by atoms with Crippen LogP contribution in [0.4, 0.5) is 0 Å². The van der Waals surface area contributed by atoms with Crippen LogP contribution in [-0.2, 0) is 0 Å². The third-order valence-corrected chi connectivity index (χ3v) is 4.72. The van der Waals surface area contributed by atoms with E-state index in [0.29, 0.717) is 5.41 Å². The zero-order valence-corrected chi connectivity index (χ0v) is 18.4. The lowest BCUT2D eigenvalue weighted by molar-refractivity contribution is 0.215. The van der Waals surface area contributed by atoms with Crippen molar-refractivity contribution in [3.8, 4) is 0 Å². The van der Waals surface area contributed by atoms with Gasteiger partial charge in [-0.1, -0.05) is 76.5 Å². The second-order valence-electron chi connectivity index (χ2n) is 8.07. The maximum atomic E-state index is 4.23. The van der Waals surface area contributed by atoms with Gasteiger partial charge in [-0.25, -0.2) is 0 Å². The Kier molecular flexibility index (Phi) is 13.0. The first-order valence-electron chi connectivity index (χ1n) is 9.66. The first-order valence-corrected chi connectivity index (χ1v) is 9.66. The van der Waals surface area contributed by atoms with Gasteiger partial charge in [-0.15, -0.1) is 6.58 Å². The maximum Gasteiger partial charge on any atom is -0.0243 e. The molecule has 1 fully saturated rings. The summed E-state index contributed by atoms with van der Waals surface area (Å²) >= 11 is 0. The Balaban J connectivity index is 0. The molecule has 1 aliphatic rings. The molecule has 0 N–H and O–H groups in total. The predicted molar refractivity (Wildman–Crippen MR) is 115 cm³/mol. The quantitative estimate of drug-likeness (QED) is 0.444. The highest BCUT2D eigenvalue weighted by atomic mass is 14.3. The Morgan fingerprint density at radius 2 is 1.58 bits per heavy atom. The van der Waals surface area contributed by atoms with Crippen LogP contribution < -0.4 is 0 Å². The lowest BCUT2D eigenvalue weighted by atomic mass is 9.69. The van der Waals surface area contributed by atoms with Crippen LogP contribution in [0.1, 0.15) is 94.9 Å². The zero-order chi connectivity index (χ0) is 19.5. The topological polar surface area (TPSA) is 0 Å². The molecule has 140 valence electrons. The van der Waals surface area contributed by atoms with Crippen LogP contribution in [0.5, 0.6) is 0 Å². The fourth-order valence-corrected chi connectivity index (χ4v) is 2.33. The molecule has 0 heterocycles. The molecule has 0 aromatic carbocycles. The Morgan fingerprint density at radius 1 is 1.12 bits per heavy atom. The van der Waals surface area contributed by atoms with Gasteiger partial charge in [-0.05, 0) is 70.3 Å². The van der Waals surface area contributed by atoms with Crippen LogP contribution in [0, 0.1) is 11.3 Å². The van der Waals surface area contributed by atoms with E-state index in [4.69, 9.17) is 0 Å². The first-order chi connectivity index (χ1) is 11.0. The second-order valence-corrected chi connectivity index (χ2v) is 8.07. The molecular weight excluding hydrogens is 288 g/mol. The fourth-order valence-electron chi connectivity index (χ4n) is 2.33. The average Bonchev–Trinajstić information content (AvgIpc) is 2.50. The highest BCUT2D eigenvalue weighted by Crippen LogP contribution is 2.42. The summed E-state index contributed by atoms with van der Waals surface area (Å²) in [5, 5.41) is 0. The molecule has 0 saturated heterocycles. The molecule has 0 amide bonds. The standard InChI is InChI=1S/C17H28.C5H10.C2H6/c1-12(2)14(4)10-15-11-16(17(5,6)7)9-8-13(15)3;1-4-5(2)3;1-2/h10,16H,3,8-9,11H2,1-2,4-7H3;2,4H2,1,3H3;1-2H3/b15-10-;;. The third-order valence-electron chi connectivity index (χ3n) is 4.72. The molecule has 0 heteroatoms. The molecular formula is C24H44. The van der Waals surface area contributed by atoms with Crippen LogP contribution in [0.25, 0.3) is 0 Å². The van der Waals surface area contributed by atoms with Crippen LogP contribution in [-0.4, -0.2) is 0 Å². The normalized spacial score (nSPS) is 18.8. The molecule has 24 heavy (non-hydrogen) atoms. The monoisotopic (exact) mass is 332 g/mol. The van der Waals surface area contributed by atoms with E-state index in [1.807, 2.05) is 20.8 Å². The summed E-state index contributed by atoms with van der Waals surface area (Å²) in [5.41, 5.74) is 7.31. The summed E-state index contributed by atoms with van der Waals surface area (Å²) in [6.45, 7) is 29.7. The first kappa shape index (κ1) is 25.2. The van der Waals surface area contributed by atoms with Crippen LogP contribution in [0.2, 0.25) is 0 Å². The Labute approximate surface area is 153 Å². The zero-order valence-electron chi connectivity index (χ0n) is 18.4. The minimum atomic E-state index is 0.415. The molecule has 0 nitrogen and oxygen atoms in total. The predicted octanol–water partition coefficient (Wildman–Crippen LogP) is 8.67. The van der Waals surface area contributed by atoms with Crippen molar-refractivity contribution in [1.82, 2.24) is 0 Å². The van der Waals surface area contributed by atoms with E-state index in [-0.39, 0.29) is 0 Å². The van der Waals surface area contributed by atoms with Crippen molar-refractivity contribution in [3.05, 3.63) is 47.1 Å². The molecule has 0 radical (unpaired) electrons. The summed E-state index contributed by atoms with van der Waals surface area (Å²) in [6.07, 6.45) is 7.14. The van der Waals surface area contributed by atoms with Gasteiger partial charge in [0, 0.05) is 0 Å². The number of hydrogen-bond donors (Lipinski definition) is 0. The van der Waals surface area contributed by atoms with Gasteiger partial charge < -0.3 is 0 Å². The van der Waals surface area contributed by atoms with Crippen molar-refractivity contribution < 1.29 is 0 Å². The summed E-state index contributed by atoms with van der Waals surface area (Å²) < 4.78 is 0. The summed E-state index contributed by atoms with van der Waals surface area (Å²) in [6, 6.07) is 0. The fraction of sp³-hybridized carbons (Fsp3) is 0.667. The summed E-state index contributed by atoms with van der Waals surface area (Å²) in [4.78, 5) is 0. The lowest BCUT2D eigenvalue weighted by Crippen LogP contribution is -2.24.